The molecule has 0 saturated carbocycles. The highest BCUT2D eigenvalue weighted by molar-refractivity contribution is 7.82. The van der Waals surface area contributed by atoms with Gasteiger partial charge in [0.05, 0.1) is 28.9 Å². The smallest absolute Gasteiger partial charge is 0.329 e. The summed E-state index contributed by atoms with van der Waals surface area (Å²) in [6.07, 6.45) is 6.79. The Morgan fingerprint density at radius 1 is 1.02 bits per heavy atom. The molecule has 3 amide bonds. The second kappa shape index (κ2) is 15.9. The third-order valence-electron chi connectivity index (χ3n) is 9.70. The molecule has 1 atom stereocenters. The number of piperidine rings is 2. The van der Waals surface area contributed by atoms with E-state index in [2.05, 4.69) is 47.1 Å². The molecule has 52 heavy (non-hydrogen) atoms. The van der Waals surface area contributed by atoms with Crippen molar-refractivity contribution < 1.29 is 18.2 Å². The normalized spacial score (nSPS) is 18.6. The number of halogens is 1. The first-order valence-corrected chi connectivity index (χ1v) is 18.8. The number of hydrogen-bond acceptors (Lipinski definition) is 12. The molecular weight excluding hydrogens is 706 g/mol. The average molecular weight is 746 g/mol. The van der Waals surface area contributed by atoms with E-state index in [4.69, 9.17) is 21.4 Å². The molecule has 3 aliphatic rings. The van der Waals surface area contributed by atoms with Crippen molar-refractivity contribution in [2.24, 2.45) is 0 Å². The Bertz CT molecular complexity index is 1960. The Morgan fingerprint density at radius 3 is 2.52 bits per heavy atom. The van der Waals surface area contributed by atoms with E-state index in [-0.39, 0.29) is 30.8 Å². The molecule has 4 aromatic rings. The highest BCUT2D eigenvalue weighted by Crippen LogP contribution is 2.32. The van der Waals surface area contributed by atoms with Crippen LogP contribution in [0.25, 0.3) is 11.5 Å². The summed E-state index contributed by atoms with van der Waals surface area (Å²) in [5.74, 6) is 1.54. The first kappa shape index (κ1) is 35.6. The third kappa shape index (κ3) is 8.14. The number of likely N-dealkylation sites (tertiary alicyclic amines) is 1. The van der Waals surface area contributed by atoms with Crippen LogP contribution in [0.4, 0.5) is 16.4 Å². The molecule has 5 heterocycles. The highest BCUT2D eigenvalue weighted by Gasteiger charge is 2.29. The highest BCUT2D eigenvalue weighted by atomic mass is 35.5. The van der Waals surface area contributed by atoms with E-state index in [0.717, 1.165) is 50.0 Å². The van der Waals surface area contributed by atoms with Crippen LogP contribution in [0.2, 0.25) is 5.02 Å². The number of amides is 3. The monoisotopic (exact) mass is 745 g/mol. The number of hydrogen-bond donors (Lipinski definition) is 4. The van der Waals surface area contributed by atoms with Gasteiger partial charge in [-0.25, -0.2) is 23.3 Å². The Labute approximate surface area is 308 Å². The summed E-state index contributed by atoms with van der Waals surface area (Å²) >= 11 is 5.89. The van der Waals surface area contributed by atoms with E-state index < -0.39 is 17.0 Å². The summed E-state index contributed by atoms with van der Waals surface area (Å²) in [5.41, 5.74) is 3.27. The summed E-state index contributed by atoms with van der Waals surface area (Å²) in [7, 11) is 0.469. The molecule has 17 heteroatoms. The second-order valence-corrected chi connectivity index (χ2v) is 15.0. The molecule has 2 aromatic carbocycles. The molecule has 2 aromatic heterocycles. The fourth-order valence-corrected chi connectivity index (χ4v) is 8.19. The Balaban J connectivity index is 0.909. The van der Waals surface area contributed by atoms with Gasteiger partial charge in [0.15, 0.2) is 0 Å². The Morgan fingerprint density at radius 2 is 1.79 bits per heavy atom. The molecule has 7 rings (SSSR count). The molecular formula is C35H40ClN11O4S. The number of urea groups is 1. The lowest BCUT2D eigenvalue weighted by atomic mass is 9.88. The van der Waals surface area contributed by atoms with Gasteiger partial charge in [-0.15, -0.1) is 10.2 Å². The maximum Gasteiger partial charge on any atom is 0.329 e. The average Bonchev–Trinajstić information content (AvgIpc) is 3.64. The number of benzene rings is 2. The molecule has 0 spiro atoms. The van der Waals surface area contributed by atoms with Gasteiger partial charge in [0.1, 0.15) is 16.8 Å². The van der Waals surface area contributed by atoms with Gasteiger partial charge in [-0.3, -0.25) is 25.3 Å². The van der Waals surface area contributed by atoms with Crippen molar-refractivity contribution in [3.63, 3.8) is 0 Å². The topological polar surface area (TPSA) is 186 Å². The molecule has 0 bridgehead atoms. The van der Waals surface area contributed by atoms with Crippen molar-refractivity contribution in [3.8, 4) is 11.5 Å². The van der Waals surface area contributed by atoms with Crippen LogP contribution in [0.15, 0.2) is 64.2 Å². The zero-order valence-electron chi connectivity index (χ0n) is 28.7. The number of imide groups is 1. The van der Waals surface area contributed by atoms with Crippen molar-refractivity contribution in [1.82, 2.24) is 39.6 Å². The maximum absolute atomic E-state index is 13.5. The second-order valence-electron chi connectivity index (χ2n) is 13.1. The molecule has 272 valence electrons. The summed E-state index contributed by atoms with van der Waals surface area (Å²) < 4.78 is 21.6. The number of rotatable bonds is 10. The molecule has 3 aliphatic heterocycles. The largest absolute Gasteiger partial charge is 0.419 e. The molecule has 3 saturated heterocycles. The molecule has 0 radical (unpaired) electrons. The van der Waals surface area contributed by atoms with Gasteiger partial charge >= 0.3 is 6.03 Å². The quantitative estimate of drug-likeness (QED) is 0.133. The van der Waals surface area contributed by atoms with Gasteiger partial charge in [0.2, 0.25) is 23.6 Å². The predicted octanol–water partition coefficient (Wildman–Crippen LogP) is 4.47. The molecule has 0 aliphatic carbocycles. The lowest BCUT2D eigenvalue weighted by molar-refractivity contribution is -0.121. The minimum atomic E-state index is -1.33. The minimum Gasteiger partial charge on any atom is -0.419 e. The lowest BCUT2D eigenvalue weighted by Crippen LogP contribution is -2.52. The first-order valence-electron chi connectivity index (χ1n) is 17.3. The number of aromatic nitrogens is 4. The van der Waals surface area contributed by atoms with E-state index >= 15 is 0 Å². The van der Waals surface area contributed by atoms with E-state index in [1.807, 2.05) is 40.7 Å². The molecule has 1 unspecified atom stereocenters. The number of nitrogens with one attached hydrogen (secondary N) is 4. The number of amidine groups is 1. The van der Waals surface area contributed by atoms with Crippen LogP contribution in [-0.2, 0) is 22.3 Å². The zero-order valence-corrected chi connectivity index (χ0v) is 30.3. The van der Waals surface area contributed by atoms with Crippen molar-refractivity contribution in [3.05, 3.63) is 76.9 Å². The van der Waals surface area contributed by atoms with Crippen molar-refractivity contribution in [1.29, 1.82) is 5.41 Å². The Hall–Kier alpha value is -4.77. The van der Waals surface area contributed by atoms with Crippen LogP contribution < -0.4 is 16.0 Å². The van der Waals surface area contributed by atoms with Crippen LogP contribution in [0.1, 0.15) is 55.0 Å². The molecule has 15 nitrogen and oxygen atoms in total. The van der Waals surface area contributed by atoms with Crippen LogP contribution in [0.5, 0.6) is 0 Å². The van der Waals surface area contributed by atoms with Crippen LogP contribution in [0.3, 0.4) is 0 Å². The first-order chi connectivity index (χ1) is 25.2. The lowest BCUT2D eigenvalue weighted by Gasteiger charge is -2.32. The van der Waals surface area contributed by atoms with Crippen LogP contribution >= 0.6 is 11.6 Å². The van der Waals surface area contributed by atoms with Crippen LogP contribution in [-0.4, -0.2) is 102 Å². The number of carbonyl (C=O) groups excluding carboxylic acids is 2. The van der Waals surface area contributed by atoms with Crippen molar-refractivity contribution in [2.45, 2.75) is 55.5 Å². The number of nitrogens with zero attached hydrogens (tertiary/aromatic N) is 7. The van der Waals surface area contributed by atoms with Gasteiger partial charge in [0.25, 0.3) is 0 Å². The van der Waals surface area contributed by atoms with Gasteiger partial charge in [-0.2, -0.15) is 0 Å². The van der Waals surface area contributed by atoms with E-state index in [9.17, 15) is 13.8 Å². The van der Waals surface area contributed by atoms with Gasteiger partial charge in [-0.1, -0.05) is 23.7 Å². The SMILES string of the molecule is CNc1cc(C2CCN(Cc3nnc(-c4cccc(S(=O)N5CCC(Nc6ncc(Cl)cn6)CC5)c4)o3)CC2)ccc1C(=N)N1CCC(=O)NC1=O. The number of carbonyl (C=O) groups is 2. The summed E-state index contributed by atoms with van der Waals surface area (Å²) in [6, 6.07) is 13.1. The van der Waals surface area contributed by atoms with E-state index in [0.29, 0.717) is 58.8 Å². The summed E-state index contributed by atoms with van der Waals surface area (Å²) in [6.45, 7) is 3.75. The predicted molar refractivity (Wildman–Crippen MR) is 196 cm³/mol. The van der Waals surface area contributed by atoms with Gasteiger partial charge in [-0.05, 0) is 80.6 Å². The maximum atomic E-state index is 13.5. The van der Waals surface area contributed by atoms with Crippen molar-refractivity contribution >= 4 is 52.0 Å². The standard InChI is InChI=1S/C35H40ClN11O4S/c1-38-29-18-23(5-6-28(29)32(37)47-16-11-30(48)42-35(47)49)22-7-12-45(13-8-22)21-31-43-44-33(51-31)24-3-2-4-27(17-24)52(50)46-14-9-26(10-15-46)41-34-39-19-25(36)20-40-34/h2-6,17-20,22,26,37-38H,7-16,21H2,1H3,(H,39,40,41)(H,42,48,49). The van der Waals surface area contributed by atoms with Crippen LogP contribution in [0, 0.1) is 5.41 Å². The molecule has 4 N–H and O–H groups in total. The van der Waals surface area contributed by atoms with E-state index in [1.54, 1.807) is 19.4 Å². The van der Waals surface area contributed by atoms with Gasteiger partial charge in [0, 0.05) is 56.0 Å². The molecule has 3 fully saturated rings. The summed E-state index contributed by atoms with van der Waals surface area (Å²) in [5, 5.41) is 26.6. The fourth-order valence-electron chi connectivity index (χ4n) is 6.82. The van der Waals surface area contributed by atoms with Gasteiger partial charge < -0.3 is 15.1 Å². The summed E-state index contributed by atoms with van der Waals surface area (Å²) in [4.78, 5) is 36.6. The zero-order chi connectivity index (χ0) is 36.2. The Kier molecular flexibility index (Phi) is 10.9. The fraction of sp³-hybridized carbons (Fsp3) is 0.400. The van der Waals surface area contributed by atoms with E-state index in [1.165, 1.54) is 10.5 Å². The minimum absolute atomic E-state index is 0.0606. The van der Waals surface area contributed by atoms with Crippen molar-refractivity contribution in [2.75, 3.05) is 50.4 Å². The number of anilines is 2. The third-order valence-corrected chi connectivity index (χ3v) is 11.4.